The molecule has 0 fully saturated rings. The molecule has 2 heterocycles. The predicted octanol–water partition coefficient (Wildman–Crippen LogP) is 6.72. The van der Waals surface area contributed by atoms with Crippen molar-refractivity contribution < 1.29 is 28.7 Å². The van der Waals surface area contributed by atoms with Gasteiger partial charge < -0.3 is 4.74 Å². The van der Waals surface area contributed by atoms with Gasteiger partial charge in [-0.1, -0.05) is 28.1 Å². The third-order valence-corrected chi connectivity index (χ3v) is 9.23. The maximum Gasteiger partial charge on any atom is 0.322 e. The second-order valence-corrected chi connectivity index (χ2v) is 14.3. The highest BCUT2D eigenvalue weighted by atomic mass is 79.9. The molecule has 0 atom stereocenters. The Morgan fingerprint density at radius 3 is 1.91 bits per heavy atom. The van der Waals surface area contributed by atoms with Crippen LogP contribution in [0.1, 0.15) is 85.7 Å². The van der Waals surface area contributed by atoms with E-state index in [1.54, 1.807) is 26.0 Å². The zero-order valence-corrected chi connectivity index (χ0v) is 26.4. The Morgan fingerprint density at radius 2 is 1.27 bits per heavy atom. The quantitative estimate of drug-likeness (QED) is 0.0522. The molecule has 7 rings (SSSR count). The van der Waals surface area contributed by atoms with Gasteiger partial charge in [0, 0.05) is 39.6 Å². The number of fused-ring (bicyclic) bond motifs is 2. The van der Waals surface area contributed by atoms with E-state index in [1.807, 2.05) is 38.1 Å². The van der Waals surface area contributed by atoms with Crippen LogP contribution >= 0.6 is 15.9 Å². The second-order valence-electron chi connectivity index (χ2n) is 12.3. The number of imide groups is 2. The number of nitrogens with one attached hydrogen (secondary N) is 1. The standard InChI is InChI=1S/C35H29BrN2O6/c1-16-14-22-26-20(30(39)37-31(22)40)10-8-18-25-17(2)15-23-27-21(11-9-19(29(25)27)24(16)28(18)26)32(41)38(33(23)42)12-6-5-7-13-44-34(43)35(3,4)36/h8-11,14-15H,5-7,12-13H2,1-4H3,(H,37,39,40). The number of benzene rings is 5. The monoisotopic (exact) mass is 652 g/mol. The van der Waals surface area contributed by atoms with Crippen molar-refractivity contribution in [3.63, 3.8) is 0 Å². The molecule has 1 N–H and O–H groups in total. The number of rotatable bonds is 7. The highest BCUT2D eigenvalue weighted by Crippen LogP contribution is 2.47. The van der Waals surface area contributed by atoms with Crippen molar-refractivity contribution >= 4 is 88.6 Å². The number of carbonyl (C=O) groups is 5. The second kappa shape index (κ2) is 9.82. The van der Waals surface area contributed by atoms with E-state index in [2.05, 4.69) is 21.2 Å². The summed E-state index contributed by atoms with van der Waals surface area (Å²) in [7, 11) is 0. The number of hydrogen-bond donors (Lipinski definition) is 1. The summed E-state index contributed by atoms with van der Waals surface area (Å²) in [6.07, 6.45) is 1.91. The van der Waals surface area contributed by atoms with E-state index < -0.39 is 16.1 Å². The summed E-state index contributed by atoms with van der Waals surface area (Å²) in [6, 6.07) is 11.1. The average molecular weight is 654 g/mol. The van der Waals surface area contributed by atoms with Gasteiger partial charge in [-0.05, 0) is 115 Å². The number of aryl methyl sites for hydroxylation is 2. The fraction of sp³-hybridized carbons (Fsp3) is 0.286. The number of esters is 1. The topological polar surface area (TPSA) is 110 Å². The minimum absolute atomic E-state index is 0.266. The molecule has 9 heteroatoms. The summed E-state index contributed by atoms with van der Waals surface area (Å²) in [5.41, 5.74) is 3.65. The van der Waals surface area contributed by atoms with Crippen LogP contribution in [0.5, 0.6) is 0 Å². The number of halogens is 1. The van der Waals surface area contributed by atoms with E-state index in [9.17, 15) is 24.0 Å². The van der Waals surface area contributed by atoms with Gasteiger partial charge in [-0.3, -0.25) is 34.2 Å². The summed E-state index contributed by atoms with van der Waals surface area (Å²) in [5.74, 6) is -1.81. The number of carbonyl (C=O) groups excluding carboxylic acids is 5. The van der Waals surface area contributed by atoms with Crippen molar-refractivity contribution in [2.75, 3.05) is 13.2 Å². The lowest BCUT2D eigenvalue weighted by Crippen LogP contribution is -2.41. The Kier molecular flexibility index (Phi) is 6.34. The molecule has 0 saturated heterocycles. The maximum atomic E-state index is 13.9. The van der Waals surface area contributed by atoms with E-state index in [-0.39, 0.29) is 30.9 Å². The first-order chi connectivity index (χ1) is 20.9. The molecule has 0 spiro atoms. The molecule has 8 nitrogen and oxygen atoms in total. The zero-order valence-electron chi connectivity index (χ0n) is 24.8. The highest BCUT2D eigenvalue weighted by molar-refractivity contribution is 9.10. The average Bonchev–Trinajstić information content (AvgIpc) is 2.97. The van der Waals surface area contributed by atoms with Gasteiger partial charge in [0.25, 0.3) is 23.6 Å². The molecular weight excluding hydrogens is 624 g/mol. The summed E-state index contributed by atoms with van der Waals surface area (Å²) in [6.45, 7) is 7.89. The van der Waals surface area contributed by atoms with E-state index in [1.165, 1.54) is 4.90 Å². The molecule has 44 heavy (non-hydrogen) atoms. The molecule has 0 bridgehead atoms. The van der Waals surface area contributed by atoms with Gasteiger partial charge in [-0.2, -0.15) is 0 Å². The molecule has 222 valence electrons. The highest BCUT2D eigenvalue weighted by Gasteiger charge is 2.36. The van der Waals surface area contributed by atoms with Crippen LogP contribution < -0.4 is 5.32 Å². The lowest BCUT2D eigenvalue weighted by Gasteiger charge is -2.30. The fourth-order valence-electron chi connectivity index (χ4n) is 6.94. The summed E-state index contributed by atoms with van der Waals surface area (Å²) >= 11 is 3.29. The maximum absolute atomic E-state index is 13.9. The van der Waals surface area contributed by atoms with Gasteiger partial charge in [0.05, 0.1) is 6.61 Å². The Hall–Kier alpha value is -4.37. The molecule has 0 radical (unpaired) electrons. The predicted molar refractivity (Wildman–Crippen MR) is 172 cm³/mol. The van der Waals surface area contributed by atoms with Crippen LogP contribution in [0, 0.1) is 13.8 Å². The molecule has 0 unspecified atom stereocenters. The van der Waals surface area contributed by atoms with Crippen LogP contribution in [0.25, 0.3) is 43.1 Å². The first kappa shape index (κ1) is 28.4. The Bertz CT molecular complexity index is 2160. The first-order valence-corrected chi connectivity index (χ1v) is 15.5. The lowest BCUT2D eigenvalue weighted by molar-refractivity contribution is -0.145. The Morgan fingerprint density at radius 1 is 0.727 bits per heavy atom. The summed E-state index contributed by atoms with van der Waals surface area (Å²) in [4.78, 5) is 66.6. The van der Waals surface area contributed by atoms with Crippen LogP contribution in [0.3, 0.4) is 0 Å². The van der Waals surface area contributed by atoms with Crippen molar-refractivity contribution in [2.45, 2.75) is 51.3 Å². The van der Waals surface area contributed by atoms with Crippen molar-refractivity contribution in [1.29, 1.82) is 0 Å². The molecule has 2 aliphatic heterocycles. The van der Waals surface area contributed by atoms with E-state index >= 15 is 0 Å². The van der Waals surface area contributed by atoms with Crippen molar-refractivity contribution in [3.05, 3.63) is 69.8 Å². The minimum atomic E-state index is -0.741. The van der Waals surface area contributed by atoms with E-state index in [4.69, 9.17) is 4.74 Å². The first-order valence-electron chi connectivity index (χ1n) is 14.7. The van der Waals surface area contributed by atoms with Crippen molar-refractivity contribution in [3.8, 4) is 0 Å². The van der Waals surface area contributed by atoms with Crippen LogP contribution in [0.15, 0.2) is 36.4 Å². The smallest absolute Gasteiger partial charge is 0.322 e. The van der Waals surface area contributed by atoms with Crippen LogP contribution in [0.4, 0.5) is 0 Å². The van der Waals surface area contributed by atoms with Crippen molar-refractivity contribution in [2.24, 2.45) is 0 Å². The van der Waals surface area contributed by atoms with Gasteiger partial charge in [-0.15, -0.1) is 0 Å². The number of alkyl halides is 1. The number of ether oxygens (including phenoxy) is 1. The largest absolute Gasteiger partial charge is 0.465 e. The minimum Gasteiger partial charge on any atom is -0.465 e. The number of nitrogens with zero attached hydrogens (tertiary/aromatic N) is 1. The summed E-state index contributed by atoms with van der Waals surface area (Å²) < 4.78 is 4.55. The fourth-order valence-corrected chi connectivity index (χ4v) is 7.05. The molecule has 2 aliphatic rings. The molecule has 5 aromatic carbocycles. The van der Waals surface area contributed by atoms with Gasteiger partial charge >= 0.3 is 5.97 Å². The van der Waals surface area contributed by atoms with E-state index in [0.717, 1.165) is 43.4 Å². The normalized spacial score (nSPS) is 14.9. The van der Waals surface area contributed by atoms with Gasteiger partial charge in [0.1, 0.15) is 4.32 Å². The van der Waals surface area contributed by atoms with Crippen LogP contribution in [0.2, 0.25) is 0 Å². The van der Waals surface area contributed by atoms with E-state index in [0.29, 0.717) is 52.3 Å². The molecule has 0 aliphatic carbocycles. The summed E-state index contributed by atoms with van der Waals surface area (Å²) in [5, 5.41) is 9.00. The van der Waals surface area contributed by atoms with Gasteiger partial charge in [0.2, 0.25) is 0 Å². The molecule has 0 saturated carbocycles. The third-order valence-electron chi connectivity index (χ3n) is 8.91. The lowest BCUT2D eigenvalue weighted by atomic mass is 9.80. The Labute approximate surface area is 261 Å². The SMILES string of the molecule is Cc1cc2c3c(ccc4c5c(C)cc6c7c(ccc(c1c34)c75)C(=O)N(CCCCCOC(=O)C(C)(C)Br)C6=O)C(=O)NC2=O. The van der Waals surface area contributed by atoms with Gasteiger partial charge in [0.15, 0.2) is 0 Å². The van der Waals surface area contributed by atoms with Crippen LogP contribution in [-0.4, -0.2) is 52.0 Å². The van der Waals surface area contributed by atoms with Crippen LogP contribution in [-0.2, 0) is 9.53 Å². The number of amides is 4. The van der Waals surface area contributed by atoms with Gasteiger partial charge in [-0.25, -0.2) is 0 Å². The molecular formula is C35H29BrN2O6. The number of unbranched alkanes of at least 4 members (excludes halogenated alkanes) is 2. The van der Waals surface area contributed by atoms with Crippen molar-refractivity contribution in [1.82, 2.24) is 10.2 Å². The molecule has 0 aromatic heterocycles. The third kappa shape index (κ3) is 3.98. The Balaban J connectivity index is 1.31. The zero-order chi connectivity index (χ0) is 31.2. The number of hydrogen-bond acceptors (Lipinski definition) is 6. The molecule has 5 aromatic rings. The molecule has 4 amide bonds.